The molecule has 0 unspecified atom stereocenters. The number of benzene rings is 2. The van der Waals surface area contributed by atoms with E-state index < -0.39 is 0 Å². The normalized spacial score (nSPS) is 15.6. The summed E-state index contributed by atoms with van der Waals surface area (Å²) in [4.78, 5) is 15.1. The van der Waals surface area contributed by atoms with Crippen molar-refractivity contribution >= 4 is 5.91 Å². The standard InChI is InChI=1S/C24H21N3O3/c1-14-11-18(19(28)12-15(14)2)21-20-22(26-25-21)24(29)27(13-17-9-6-10-30-17)23(20)16-7-4-3-5-8-16/h3-12,23,28H,13H2,1-2H3,(H,25,26)/t23-/m0/s1. The summed E-state index contributed by atoms with van der Waals surface area (Å²) in [7, 11) is 0. The van der Waals surface area contributed by atoms with Gasteiger partial charge in [-0.05, 0) is 54.8 Å². The Morgan fingerprint density at radius 2 is 1.87 bits per heavy atom. The number of hydrogen-bond donors (Lipinski definition) is 2. The zero-order chi connectivity index (χ0) is 20.8. The number of H-pyrrole nitrogens is 1. The number of furan rings is 1. The first kappa shape index (κ1) is 18.2. The molecule has 1 aliphatic heterocycles. The Kier molecular flexibility index (Phi) is 4.20. The quantitative estimate of drug-likeness (QED) is 0.519. The Hall–Kier alpha value is -3.80. The highest BCUT2D eigenvalue weighted by molar-refractivity contribution is 6.00. The fraction of sp³-hybridized carbons (Fsp3) is 0.167. The van der Waals surface area contributed by atoms with Crippen molar-refractivity contribution in [2.45, 2.75) is 26.4 Å². The molecule has 0 saturated heterocycles. The molecule has 1 aliphatic rings. The number of aryl methyl sites for hydroxylation is 2. The van der Waals surface area contributed by atoms with Gasteiger partial charge >= 0.3 is 0 Å². The van der Waals surface area contributed by atoms with Crippen molar-refractivity contribution in [2.75, 3.05) is 0 Å². The van der Waals surface area contributed by atoms with Gasteiger partial charge in [0.05, 0.1) is 18.8 Å². The van der Waals surface area contributed by atoms with Crippen LogP contribution in [0.15, 0.2) is 65.3 Å². The molecule has 0 bridgehead atoms. The van der Waals surface area contributed by atoms with Crippen LogP contribution in [0.4, 0.5) is 0 Å². The maximum Gasteiger partial charge on any atom is 0.273 e. The first-order valence-corrected chi connectivity index (χ1v) is 9.81. The minimum atomic E-state index is -0.339. The highest BCUT2D eigenvalue weighted by atomic mass is 16.3. The molecule has 5 rings (SSSR count). The maximum absolute atomic E-state index is 13.3. The van der Waals surface area contributed by atoms with Crippen molar-refractivity contribution in [1.29, 1.82) is 0 Å². The van der Waals surface area contributed by atoms with E-state index in [0.717, 1.165) is 22.3 Å². The number of aromatic nitrogens is 2. The minimum absolute atomic E-state index is 0.141. The lowest BCUT2D eigenvalue weighted by atomic mass is 9.94. The average Bonchev–Trinajstić information content (AvgIpc) is 3.46. The Morgan fingerprint density at radius 3 is 2.60 bits per heavy atom. The van der Waals surface area contributed by atoms with Crippen LogP contribution < -0.4 is 0 Å². The van der Waals surface area contributed by atoms with Gasteiger partial charge in [-0.15, -0.1) is 0 Å². The van der Waals surface area contributed by atoms with Crippen LogP contribution in [-0.2, 0) is 6.54 Å². The second-order valence-corrected chi connectivity index (χ2v) is 7.64. The van der Waals surface area contributed by atoms with Crippen LogP contribution in [0.2, 0.25) is 0 Å². The molecular weight excluding hydrogens is 378 g/mol. The minimum Gasteiger partial charge on any atom is -0.507 e. The number of carbonyl (C=O) groups excluding carboxylic acids is 1. The van der Waals surface area contributed by atoms with E-state index in [9.17, 15) is 9.90 Å². The first-order valence-electron chi connectivity index (χ1n) is 9.81. The Morgan fingerprint density at radius 1 is 1.10 bits per heavy atom. The largest absolute Gasteiger partial charge is 0.507 e. The Bertz CT molecular complexity index is 1230. The summed E-state index contributed by atoms with van der Waals surface area (Å²) >= 11 is 0. The van der Waals surface area contributed by atoms with Gasteiger partial charge in [0.1, 0.15) is 22.9 Å². The van der Waals surface area contributed by atoms with Crippen LogP contribution in [0.1, 0.15) is 44.5 Å². The molecule has 150 valence electrons. The molecule has 4 aromatic rings. The number of fused-ring (bicyclic) bond motifs is 1. The molecule has 0 radical (unpaired) electrons. The summed E-state index contributed by atoms with van der Waals surface area (Å²) in [6.45, 7) is 4.29. The Labute approximate surface area is 173 Å². The van der Waals surface area contributed by atoms with Crippen LogP contribution >= 0.6 is 0 Å². The van der Waals surface area contributed by atoms with Crippen molar-refractivity contribution in [3.63, 3.8) is 0 Å². The molecule has 0 saturated carbocycles. The molecule has 0 aliphatic carbocycles. The smallest absolute Gasteiger partial charge is 0.273 e. The summed E-state index contributed by atoms with van der Waals surface area (Å²) < 4.78 is 5.51. The third-order valence-electron chi connectivity index (χ3n) is 5.75. The number of nitrogens with one attached hydrogen (secondary N) is 1. The summed E-state index contributed by atoms with van der Waals surface area (Å²) in [5.41, 5.74) is 5.45. The molecule has 0 spiro atoms. The lowest BCUT2D eigenvalue weighted by Gasteiger charge is -2.25. The number of carbonyl (C=O) groups is 1. The van der Waals surface area contributed by atoms with E-state index in [4.69, 9.17) is 4.42 Å². The van der Waals surface area contributed by atoms with Gasteiger partial charge in [0, 0.05) is 11.1 Å². The SMILES string of the molecule is Cc1cc(O)c(-c2n[nH]c3c2[C@H](c2ccccc2)N(Cc2ccco2)C3=O)cc1C. The van der Waals surface area contributed by atoms with E-state index >= 15 is 0 Å². The van der Waals surface area contributed by atoms with E-state index in [0.29, 0.717) is 29.3 Å². The summed E-state index contributed by atoms with van der Waals surface area (Å²) in [6, 6.07) is 16.8. The summed E-state index contributed by atoms with van der Waals surface area (Å²) in [6.07, 6.45) is 1.60. The van der Waals surface area contributed by atoms with Crippen LogP contribution in [-0.4, -0.2) is 26.1 Å². The number of phenols is 1. The summed E-state index contributed by atoms with van der Waals surface area (Å²) in [5, 5.41) is 18.0. The van der Waals surface area contributed by atoms with E-state index in [-0.39, 0.29) is 17.7 Å². The molecule has 6 heteroatoms. The second-order valence-electron chi connectivity index (χ2n) is 7.64. The zero-order valence-corrected chi connectivity index (χ0v) is 16.7. The number of hydrogen-bond acceptors (Lipinski definition) is 4. The molecule has 6 nitrogen and oxygen atoms in total. The second kappa shape index (κ2) is 6.91. The van der Waals surface area contributed by atoms with Gasteiger partial charge in [0.2, 0.25) is 0 Å². The van der Waals surface area contributed by atoms with Gasteiger partial charge in [0.25, 0.3) is 5.91 Å². The van der Waals surface area contributed by atoms with E-state index in [1.54, 1.807) is 17.2 Å². The van der Waals surface area contributed by atoms with Crippen LogP contribution in [0.3, 0.4) is 0 Å². The van der Waals surface area contributed by atoms with Crippen LogP contribution in [0.5, 0.6) is 5.75 Å². The van der Waals surface area contributed by atoms with Gasteiger partial charge < -0.3 is 14.4 Å². The Balaban J connectivity index is 1.69. The third kappa shape index (κ3) is 2.80. The highest BCUT2D eigenvalue weighted by Crippen LogP contribution is 2.45. The van der Waals surface area contributed by atoms with Crippen molar-refractivity contribution in [3.05, 3.63) is 94.6 Å². The highest BCUT2D eigenvalue weighted by Gasteiger charge is 2.42. The number of aromatic amines is 1. The lowest BCUT2D eigenvalue weighted by Crippen LogP contribution is -2.28. The molecule has 2 N–H and O–H groups in total. The molecule has 3 heterocycles. The zero-order valence-electron chi connectivity index (χ0n) is 16.7. The molecular formula is C24H21N3O3. The number of nitrogens with zero attached hydrogens (tertiary/aromatic N) is 2. The average molecular weight is 399 g/mol. The topological polar surface area (TPSA) is 82.4 Å². The fourth-order valence-corrected chi connectivity index (χ4v) is 4.11. The van der Waals surface area contributed by atoms with E-state index in [1.165, 1.54) is 0 Å². The third-order valence-corrected chi connectivity index (χ3v) is 5.75. The van der Waals surface area contributed by atoms with Gasteiger partial charge in [0.15, 0.2) is 0 Å². The lowest BCUT2D eigenvalue weighted by molar-refractivity contribution is 0.0717. The number of amides is 1. The fourth-order valence-electron chi connectivity index (χ4n) is 4.11. The molecule has 2 aromatic heterocycles. The van der Waals surface area contributed by atoms with Gasteiger partial charge in [-0.1, -0.05) is 30.3 Å². The van der Waals surface area contributed by atoms with Crippen LogP contribution in [0.25, 0.3) is 11.3 Å². The van der Waals surface area contributed by atoms with Crippen molar-refractivity contribution in [3.8, 4) is 17.0 Å². The number of aromatic hydroxyl groups is 1. The van der Waals surface area contributed by atoms with E-state index in [2.05, 4.69) is 10.2 Å². The number of phenolic OH excluding ortho intramolecular Hbond substituents is 1. The molecule has 30 heavy (non-hydrogen) atoms. The monoisotopic (exact) mass is 399 g/mol. The van der Waals surface area contributed by atoms with Crippen molar-refractivity contribution in [1.82, 2.24) is 15.1 Å². The predicted octanol–water partition coefficient (Wildman–Crippen LogP) is 4.74. The van der Waals surface area contributed by atoms with E-state index in [1.807, 2.05) is 62.4 Å². The van der Waals surface area contributed by atoms with Gasteiger partial charge in [-0.2, -0.15) is 5.10 Å². The number of rotatable bonds is 4. The van der Waals surface area contributed by atoms with Gasteiger partial charge in [-0.25, -0.2) is 0 Å². The maximum atomic E-state index is 13.3. The first-order chi connectivity index (χ1) is 14.5. The molecule has 1 amide bonds. The molecule has 1 atom stereocenters. The summed E-state index contributed by atoms with van der Waals surface area (Å²) in [5.74, 6) is 0.714. The molecule has 2 aromatic carbocycles. The van der Waals surface area contributed by atoms with Crippen LogP contribution in [0, 0.1) is 13.8 Å². The van der Waals surface area contributed by atoms with Gasteiger partial charge in [-0.3, -0.25) is 9.89 Å². The van der Waals surface area contributed by atoms with Crippen molar-refractivity contribution in [2.24, 2.45) is 0 Å². The predicted molar refractivity (Wildman–Crippen MR) is 112 cm³/mol. The van der Waals surface area contributed by atoms with Crippen molar-refractivity contribution < 1.29 is 14.3 Å². The molecule has 0 fully saturated rings.